The highest BCUT2D eigenvalue weighted by Gasteiger charge is 2.46. The molecule has 3 heterocycles. The fraction of sp³-hybridized carbons (Fsp3) is 0.633. The molecule has 0 radical (unpaired) electrons. The number of carbonyl (C=O) groups excluding carboxylic acids is 2. The van der Waals surface area contributed by atoms with Crippen LogP contribution < -0.4 is 11.1 Å². The highest BCUT2D eigenvalue weighted by molar-refractivity contribution is 5.91. The molecule has 3 N–H and O–H groups in total. The van der Waals surface area contributed by atoms with Gasteiger partial charge in [0.05, 0.1) is 35.9 Å². The van der Waals surface area contributed by atoms with Crippen LogP contribution in [0, 0.1) is 11.8 Å². The number of alkyl halides is 4. The highest BCUT2D eigenvalue weighted by atomic mass is 19.3. The number of rotatable bonds is 11. The first-order chi connectivity index (χ1) is 20.8. The smallest absolute Gasteiger partial charge is 0.266 e. The van der Waals surface area contributed by atoms with E-state index < -0.39 is 29.8 Å². The third kappa shape index (κ3) is 6.45. The first-order valence-corrected chi connectivity index (χ1v) is 15.2. The van der Waals surface area contributed by atoms with Gasteiger partial charge in [-0.1, -0.05) is 0 Å². The zero-order chi connectivity index (χ0) is 31.4. The van der Waals surface area contributed by atoms with Gasteiger partial charge in [0.15, 0.2) is 5.65 Å². The zero-order valence-corrected chi connectivity index (χ0v) is 24.7. The first kappa shape index (κ1) is 30.5. The van der Waals surface area contributed by atoms with Gasteiger partial charge in [-0.25, -0.2) is 27.1 Å². The van der Waals surface area contributed by atoms with Gasteiger partial charge >= 0.3 is 0 Å². The summed E-state index contributed by atoms with van der Waals surface area (Å²) >= 11 is 0. The molecule has 14 heteroatoms. The molecule has 2 amide bonds. The second-order valence-electron chi connectivity index (χ2n) is 12.9. The van der Waals surface area contributed by atoms with Gasteiger partial charge < -0.3 is 15.8 Å². The van der Waals surface area contributed by atoms with Gasteiger partial charge in [-0.3, -0.25) is 14.3 Å². The molecule has 10 nitrogen and oxygen atoms in total. The quantitative estimate of drug-likeness (QED) is 0.293. The van der Waals surface area contributed by atoms with Crippen LogP contribution in [0.25, 0.3) is 5.65 Å². The summed E-state index contributed by atoms with van der Waals surface area (Å²) in [6.07, 6.45) is 3.92. The SMILES string of the molecule is CC(C)n1nc([C@H](c2cn3ncc([C@H](NC(=O)COC4CC(F)(F)C4)C4CC4)cc3n2)C2CCC(F)(F)CC2)cc1C(N)=O. The van der Waals surface area contributed by atoms with Crippen molar-refractivity contribution in [2.24, 2.45) is 17.6 Å². The molecule has 238 valence electrons. The average Bonchev–Trinajstić information content (AvgIpc) is 3.53. The maximum Gasteiger partial charge on any atom is 0.266 e. The third-order valence-corrected chi connectivity index (χ3v) is 9.00. The molecular formula is C30H37F4N7O3. The number of primary amides is 1. The Labute approximate surface area is 251 Å². The predicted octanol–water partition coefficient (Wildman–Crippen LogP) is 4.94. The number of hydrogen-bond acceptors (Lipinski definition) is 6. The number of fused-ring (bicyclic) bond motifs is 1. The molecule has 0 saturated heterocycles. The van der Waals surface area contributed by atoms with Crippen LogP contribution in [0.5, 0.6) is 0 Å². The lowest BCUT2D eigenvalue weighted by Gasteiger charge is -2.34. The lowest BCUT2D eigenvalue weighted by molar-refractivity contribution is -0.170. The van der Waals surface area contributed by atoms with E-state index in [2.05, 4.69) is 10.4 Å². The Bertz CT molecular complexity index is 1530. The second kappa shape index (κ2) is 11.4. The number of nitrogens with zero attached hydrogens (tertiary/aromatic N) is 5. The number of carbonyl (C=O) groups is 2. The van der Waals surface area contributed by atoms with Gasteiger partial charge in [0.1, 0.15) is 12.3 Å². The van der Waals surface area contributed by atoms with Crippen LogP contribution in [0.15, 0.2) is 24.5 Å². The van der Waals surface area contributed by atoms with E-state index in [0.717, 1.165) is 18.4 Å². The normalized spacial score (nSPS) is 21.7. The van der Waals surface area contributed by atoms with Gasteiger partial charge in [-0.05, 0) is 69.1 Å². The van der Waals surface area contributed by atoms with Crippen LogP contribution in [-0.2, 0) is 9.53 Å². The Kier molecular flexibility index (Phi) is 7.91. The molecule has 44 heavy (non-hydrogen) atoms. The number of halogens is 4. The average molecular weight is 620 g/mol. The lowest BCUT2D eigenvalue weighted by atomic mass is 9.76. The largest absolute Gasteiger partial charge is 0.368 e. The lowest BCUT2D eigenvalue weighted by Crippen LogP contribution is -2.43. The van der Waals surface area contributed by atoms with Gasteiger partial charge in [-0.2, -0.15) is 10.2 Å². The van der Waals surface area contributed by atoms with Crippen molar-refractivity contribution >= 4 is 17.5 Å². The molecule has 3 aliphatic carbocycles. The minimum atomic E-state index is -2.72. The van der Waals surface area contributed by atoms with E-state index in [4.69, 9.17) is 20.6 Å². The number of nitrogens with two attached hydrogens (primary N) is 1. The molecule has 0 spiro atoms. The van der Waals surface area contributed by atoms with E-state index in [9.17, 15) is 27.2 Å². The summed E-state index contributed by atoms with van der Waals surface area (Å²) in [5, 5.41) is 12.2. The summed E-state index contributed by atoms with van der Waals surface area (Å²) < 4.78 is 63.0. The van der Waals surface area contributed by atoms with Crippen molar-refractivity contribution in [2.75, 3.05) is 6.61 Å². The molecule has 3 aliphatic rings. The number of hydrogen-bond donors (Lipinski definition) is 2. The third-order valence-electron chi connectivity index (χ3n) is 9.00. The van der Waals surface area contributed by atoms with Crippen LogP contribution in [0.2, 0.25) is 0 Å². The minimum Gasteiger partial charge on any atom is -0.368 e. The minimum absolute atomic E-state index is 0.150. The topological polar surface area (TPSA) is 129 Å². The Hall–Kier alpha value is -3.55. The van der Waals surface area contributed by atoms with E-state index in [1.54, 1.807) is 27.7 Å². The maximum atomic E-state index is 14.1. The number of aromatic nitrogens is 5. The summed E-state index contributed by atoms with van der Waals surface area (Å²) in [7, 11) is 0. The van der Waals surface area contributed by atoms with Crippen LogP contribution >= 0.6 is 0 Å². The number of nitrogens with one attached hydrogen (secondary N) is 1. The second-order valence-corrected chi connectivity index (χ2v) is 12.9. The number of ether oxygens (including phenoxy) is 1. The molecule has 3 fully saturated rings. The van der Waals surface area contributed by atoms with E-state index in [0.29, 0.717) is 17.0 Å². The Morgan fingerprint density at radius 2 is 1.75 bits per heavy atom. The van der Waals surface area contributed by atoms with Crippen molar-refractivity contribution in [3.05, 3.63) is 47.2 Å². The standard InChI is InChI=1S/C30H37F4N7O3/c1-16(2)41-23(28(35)43)10-21(39-41)26(17-5-7-29(31,32)8-6-17)22-14-40-24(37-22)9-19(13-36-40)27(18-3-4-18)38-25(42)15-44-20-11-30(33,34)12-20/h9-10,13-14,16-18,20,26-27H,3-8,11-12,15H2,1-2H3,(H2,35,43)(H,38,42)/t26-,27-/m1/s1. The Morgan fingerprint density at radius 1 is 1.05 bits per heavy atom. The van der Waals surface area contributed by atoms with Crippen LogP contribution in [-0.4, -0.2) is 60.7 Å². The van der Waals surface area contributed by atoms with Crippen molar-refractivity contribution in [2.45, 2.75) is 101 Å². The van der Waals surface area contributed by atoms with Crippen molar-refractivity contribution < 1.29 is 31.9 Å². The van der Waals surface area contributed by atoms with Gasteiger partial charge in [-0.15, -0.1) is 0 Å². The summed E-state index contributed by atoms with van der Waals surface area (Å²) in [5.41, 5.74) is 8.27. The van der Waals surface area contributed by atoms with Crippen molar-refractivity contribution in [1.82, 2.24) is 29.7 Å². The fourth-order valence-electron chi connectivity index (χ4n) is 6.44. The molecule has 2 atom stereocenters. The van der Waals surface area contributed by atoms with Gasteiger partial charge in [0, 0.05) is 37.6 Å². The van der Waals surface area contributed by atoms with Crippen molar-refractivity contribution in [1.29, 1.82) is 0 Å². The van der Waals surface area contributed by atoms with Gasteiger partial charge in [0.25, 0.3) is 11.8 Å². The molecule has 6 rings (SSSR count). The molecule has 0 aromatic carbocycles. The first-order valence-electron chi connectivity index (χ1n) is 15.2. The molecule has 0 bridgehead atoms. The molecule has 3 aromatic heterocycles. The molecular weight excluding hydrogens is 582 g/mol. The van der Waals surface area contributed by atoms with Crippen LogP contribution in [0.1, 0.15) is 111 Å². The van der Waals surface area contributed by atoms with E-state index in [-0.39, 0.29) is 80.7 Å². The molecule has 3 aromatic rings. The summed E-state index contributed by atoms with van der Waals surface area (Å²) in [5.74, 6) is -6.91. The van der Waals surface area contributed by atoms with E-state index in [1.807, 2.05) is 19.9 Å². The van der Waals surface area contributed by atoms with Crippen LogP contribution in [0.3, 0.4) is 0 Å². The zero-order valence-electron chi connectivity index (χ0n) is 24.7. The summed E-state index contributed by atoms with van der Waals surface area (Å²) in [6, 6.07) is 2.97. The Balaban J connectivity index is 1.27. The Morgan fingerprint density at radius 3 is 2.34 bits per heavy atom. The summed E-state index contributed by atoms with van der Waals surface area (Å²) in [4.78, 5) is 29.7. The maximum absolute atomic E-state index is 14.1. The monoisotopic (exact) mass is 619 g/mol. The summed E-state index contributed by atoms with van der Waals surface area (Å²) in [6.45, 7) is 3.46. The fourth-order valence-corrected chi connectivity index (χ4v) is 6.44. The molecule has 0 aliphatic heterocycles. The highest BCUT2D eigenvalue weighted by Crippen LogP contribution is 2.45. The predicted molar refractivity (Wildman–Crippen MR) is 150 cm³/mol. The number of amides is 2. The van der Waals surface area contributed by atoms with Gasteiger partial charge in [0.2, 0.25) is 11.8 Å². The van der Waals surface area contributed by atoms with Crippen molar-refractivity contribution in [3.8, 4) is 0 Å². The van der Waals surface area contributed by atoms with Crippen molar-refractivity contribution in [3.63, 3.8) is 0 Å². The molecule has 3 saturated carbocycles. The van der Waals surface area contributed by atoms with E-state index in [1.165, 1.54) is 0 Å². The van der Waals surface area contributed by atoms with E-state index >= 15 is 0 Å². The van der Waals surface area contributed by atoms with Crippen LogP contribution in [0.4, 0.5) is 17.6 Å². The molecule has 0 unspecified atom stereocenters. The number of imidazole rings is 1.